The minimum atomic E-state index is 0.775. The van der Waals surface area contributed by atoms with Gasteiger partial charge in [-0.1, -0.05) is 24.3 Å². The molecule has 1 N–H and O–H groups in total. The molecule has 0 aromatic heterocycles. The van der Waals surface area contributed by atoms with Crippen LogP contribution in [0.5, 0.6) is 0 Å². The zero-order chi connectivity index (χ0) is 13.6. The largest absolute Gasteiger partial charge is 0.312 e. The average Bonchev–Trinajstić information content (AvgIpc) is 3.20. The summed E-state index contributed by atoms with van der Waals surface area (Å²) in [5, 5.41) is 18.3. The number of hydrogen-bond donors (Lipinski definition) is 1. The SMILES string of the molecule is C1=CC(=C2C=CN=N2)N=N1.c1ccc2c(c1)CCNC2. The summed E-state index contributed by atoms with van der Waals surface area (Å²) in [6.07, 6.45) is 8.04. The lowest BCUT2D eigenvalue weighted by Crippen LogP contribution is -2.23. The summed E-state index contributed by atoms with van der Waals surface area (Å²) < 4.78 is 0. The third kappa shape index (κ3) is 2.95. The molecule has 0 fully saturated rings. The Balaban J connectivity index is 0.000000121. The molecule has 0 amide bonds. The minimum absolute atomic E-state index is 0.775. The second-order valence-corrected chi connectivity index (χ2v) is 4.53. The number of hydrogen-bond acceptors (Lipinski definition) is 5. The highest BCUT2D eigenvalue weighted by molar-refractivity contribution is 5.34. The molecule has 0 unspecified atom stereocenters. The van der Waals surface area contributed by atoms with Gasteiger partial charge in [-0.05, 0) is 36.2 Å². The maximum atomic E-state index is 3.81. The van der Waals surface area contributed by atoms with Crippen LogP contribution in [0.3, 0.4) is 0 Å². The molecule has 3 aliphatic heterocycles. The van der Waals surface area contributed by atoms with Crippen LogP contribution in [0.2, 0.25) is 0 Å². The molecule has 0 bridgehead atoms. The summed E-state index contributed by atoms with van der Waals surface area (Å²) in [6, 6.07) is 8.63. The summed E-state index contributed by atoms with van der Waals surface area (Å²) in [6.45, 7) is 2.19. The van der Waals surface area contributed by atoms with Gasteiger partial charge in [-0.2, -0.15) is 10.2 Å². The van der Waals surface area contributed by atoms with Crippen LogP contribution in [0.15, 0.2) is 80.7 Å². The average molecular weight is 265 g/mol. The van der Waals surface area contributed by atoms with Crippen molar-refractivity contribution in [3.8, 4) is 0 Å². The first kappa shape index (κ1) is 12.6. The van der Waals surface area contributed by atoms with Gasteiger partial charge in [0, 0.05) is 6.54 Å². The smallest absolute Gasteiger partial charge is 0.115 e. The minimum Gasteiger partial charge on any atom is -0.312 e. The van der Waals surface area contributed by atoms with Gasteiger partial charge in [-0.25, -0.2) is 0 Å². The number of nitrogens with zero attached hydrogens (tertiary/aromatic N) is 4. The van der Waals surface area contributed by atoms with E-state index in [2.05, 4.69) is 50.0 Å². The predicted molar refractivity (Wildman–Crippen MR) is 76.9 cm³/mol. The quantitative estimate of drug-likeness (QED) is 0.766. The Morgan fingerprint density at radius 3 is 2.05 bits per heavy atom. The Morgan fingerprint density at radius 2 is 1.50 bits per heavy atom. The van der Waals surface area contributed by atoms with E-state index in [1.54, 1.807) is 24.6 Å². The second-order valence-electron chi connectivity index (χ2n) is 4.53. The third-order valence-electron chi connectivity index (χ3n) is 3.20. The predicted octanol–water partition coefficient (Wildman–Crippen LogP) is 3.49. The van der Waals surface area contributed by atoms with Crippen LogP contribution in [0.25, 0.3) is 0 Å². The molecule has 5 nitrogen and oxygen atoms in total. The van der Waals surface area contributed by atoms with Crippen molar-refractivity contribution in [3.63, 3.8) is 0 Å². The third-order valence-corrected chi connectivity index (χ3v) is 3.20. The Morgan fingerprint density at radius 1 is 0.850 bits per heavy atom. The van der Waals surface area contributed by atoms with Gasteiger partial charge in [0.2, 0.25) is 0 Å². The number of benzene rings is 1. The Kier molecular flexibility index (Phi) is 3.89. The van der Waals surface area contributed by atoms with E-state index in [9.17, 15) is 0 Å². The molecule has 3 heterocycles. The molecular weight excluding hydrogens is 250 g/mol. The Hall–Kier alpha value is -2.40. The molecule has 1 aromatic carbocycles. The van der Waals surface area contributed by atoms with Gasteiger partial charge in [-0.15, -0.1) is 10.2 Å². The lowest BCUT2D eigenvalue weighted by Gasteiger charge is -2.15. The van der Waals surface area contributed by atoms with Crippen LogP contribution in [0.4, 0.5) is 0 Å². The topological polar surface area (TPSA) is 61.5 Å². The lowest BCUT2D eigenvalue weighted by molar-refractivity contribution is 0.644. The summed E-state index contributed by atoms with van der Waals surface area (Å²) in [7, 11) is 0. The summed E-state index contributed by atoms with van der Waals surface area (Å²) in [5.74, 6) is 0. The monoisotopic (exact) mass is 265 g/mol. The van der Waals surface area contributed by atoms with Crippen molar-refractivity contribution in [2.75, 3.05) is 6.54 Å². The molecule has 100 valence electrons. The van der Waals surface area contributed by atoms with Gasteiger partial charge >= 0.3 is 0 Å². The van der Waals surface area contributed by atoms with E-state index in [0.29, 0.717) is 0 Å². The van der Waals surface area contributed by atoms with E-state index >= 15 is 0 Å². The van der Waals surface area contributed by atoms with Crippen LogP contribution in [-0.2, 0) is 13.0 Å². The van der Waals surface area contributed by atoms with Crippen molar-refractivity contribution in [1.82, 2.24) is 5.32 Å². The molecule has 1 aromatic rings. The van der Waals surface area contributed by atoms with Crippen molar-refractivity contribution in [2.45, 2.75) is 13.0 Å². The van der Waals surface area contributed by atoms with Gasteiger partial charge in [0.25, 0.3) is 0 Å². The van der Waals surface area contributed by atoms with E-state index in [0.717, 1.165) is 24.5 Å². The fraction of sp³-hybridized carbons (Fsp3) is 0.200. The molecule has 20 heavy (non-hydrogen) atoms. The molecule has 5 heteroatoms. The van der Waals surface area contributed by atoms with Gasteiger partial charge < -0.3 is 5.32 Å². The molecular formula is C15H15N5. The van der Waals surface area contributed by atoms with Crippen LogP contribution < -0.4 is 5.32 Å². The highest BCUT2D eigenvalue weighted by atomic mass is 15.2. The molecule has 0 atom stereocenters. The molecule has 0 radical (unpaired) electrons. The van der Waals surface area contributed by atoms with Crippen LogP contribution in [0.1, 0.15) is 11.1 Å². The Labute approximate surface area is 117 Å². The van der Waals surface area contributed by atoms with Gasteiger partial charge in [-0.3, -0.25) is 0 Å². The van der Waals surface area contributed by atoms with E-state index in [1.165, 1.54) is 17.5 Å². The fourth-order valence-corrected chi connectivity index (χ4v) is 2.16. The van der Waals surface area contributed by atoms with Crippen LogP contribution >= 0.6 is 0 Å². The van der Waals surface area contributed by atoms with Gasteiger partial charge in [0.15, 0.2) is 0 Å². The van der Waals surface area contributed by atoms with E-state index in [4.69, 9.17) is 0 Å². The summed E-state index contributed by atoms with van der Waals surface area (Å²) in [5.41, 5.74) is 4.53. The first-order valence-corrected chi connectivity index (χ1v) is 6.60. The van der Waals surface area contributed by atoms with Gasteiger partial charge in [0.05, 0.1) is 12.4 Å². The van der Waals surface area contributed by atoms with E-state index in [-0.39, 0.29) is 0 Å². The normalized spacial score (nSPS) is 21.8. The van der Waals surface area contributed by atoms with E-state index in [1.807, 2.05) is 0 Å². The van der Waals surface area contributed by atoms with Gasteiger partial charge in [0.1, 0.15) is 11.4 Å². The first-order valence-electron chi connectivity index (χ1n) is 6.60. The second kappa shape index (κ2) is 6.16. The molecule has 3 aliphatic rings. The Bertz CT molecular complexity index is 554. The highest BCUT2D eigenvalue weighted by Gasteiger charge is 2.05. The summed E-state index contributed by atoms with van der Waals surface area (Å²) >= 11 is 0. The number of allylic oxidation sites excluding steroid dienone is 2. The molecule has 4 rings (SSSR count). The first-order chi connectivity index (χ1) is 9.93. The maximum absolute atomic E-state index is 3.81. The van der Waals surface area contributed by atoms with E-state index < -0.39 is 0 Å². The molecule has 0 aliphatic carbocycles. The van der Waals surface area contributed by atoms with Crippen molar-refractivity contribution < 1.29 is 0 Å². The molecule has 0 spiro atoms. The highest BCUT2D eigenvalue weighted by Crippen LogP contribution is 2.19. The fourth-order valence-electron chi connectivity index (χ4n) is 2.16. The maximum Gasteiger partial charge on any atom is 0.115 e. The number of rotatable bonds is 0. The zero-order valence-corrected chi connectivity index (χ0v) is 11.0. The van der Waals surface area contributed by atoms with Crippen molar-refractivity contribution in [3.05, 3.63) is 71.3 Å². The molecule has 0 saturated heterocycles. The lowest BCUT2D eigenvalue weighted by atomic mass is 10.0. The summed E-state index contributed by atoms with van der Waals surface area (Å²) in [4.78, 5) is 0. The van der Waals surface area contributed by atoms with Crippen LogP contribution in [0, 0.1) is 0 Å². The van der Waals surface area contributed by atoms with Crippen molar-refractivity contribution in [2.24, 2.45) is 20.5 Å². The standard InChI is InChI=1S/C9H11N.C6H4N4/c1-2-4-9-7-10-6-5-8(9)3-1;1-3-7-9-5(1)6-2-4-8-10-6/h1-4,10H,5-7H2;1-4H. The van der Waals surface area contributed by atoms with Crippen molar-refractivity contribution in [1.29, 1.82) is 0 Å². The molecule has 0 saturated carbocycles. The van der Waals surface area contributed by atoms with Crippen molar-refractivity contribution >= 4 is 0 Å². The van der Waals surface area contributed by atoms with Crippen LogP contribution in [-0.4, -0.2) is 6.54 Å². The number of nitrogens with one attached hydrogen (secondary N) is 1. The number of fused-ring (bicyclic) bond motifs is 1. The zero-order valence-electron chi connectivity index (χ0n) is 11.0. The number of azo groups is 2.